The zero-order valence-corrected chi connectivity index (χ0v) is 19.3. The molecule has 4 rings (SSSR count). The number of benzene rings is 4. The Kier molecular flexibility index (Phi) is 6.79. The zero-order valence-electron chi connectivity index (χ0n) is 18.4. The Balaban J connectivity index is 1.62. The number of amides is 1. The van der Waals surface area contributed by atoms with E-state index in [9.17, 15) is 17.6 Å². The van der Waals surface area contributed by atoms with Gasteiger partial charge in [0.1, 0.15) is 18.1 Å². The number of sulfonamides is 1. The molecule has 0 saturated heterocycles. The molecule has 34 heavy (non-hydrogen) atoms. The van der Waals surface area contributed by atoms with Crippen LogP contribution >= 0.6 is 0 Å². The molecule has 6 nitrogen and oxygen atoms in total. The van der Waals surface area contributed by atoms with E-state index in [0.29, 0.717) is 18.0 Å². The molecule has 0 radical (unpaired) electrons. The standard InChI is InChI=1S/C26H23FN2O4S/c1-2-33-24-13-15-25(16-14-24)34(31,32)29(23-11-8-21(27)9-12-23)18-26(30)28-22-10-7-19-5-3-4-6-20(19)17-22/h3-17H,2,18H2,1H3,(H,28,30). The number of rotatable bonds is 8. The van der Waals surface area contributed by atoms with Crippen molar-refractivity contribution in [3.05, 3.63) is 96.8 Å². The van der Waals surface area contributed by atoms with Gasteiger partial charge in [-0.05, 0) is 78.4 Å². The molecule has 0 aromatic heterocycles. The number of hydrogen-bond acceptors (Lipinski definition) is 4. The lowest BCUT2D eigenvalue weighted by atomic mass is 10.1. The van der Waals surface area contributed by atoms with Crippen LogP contribution in [0.4, 0.5) is 15.8 Å². The number of carbonyl (C=O) groups excluding carboxylic acids is 1. The summed E-state index contributed by atoms with van der Waals surface area (Å²) in [6.07, 6.45) is 0. The third kappa shape index (κ3) is 5.18. The van der Waals surface area contributed by atoms with E-state index in [4.69, 9.17) is 4.74 Å². The summed E-state index contributed by atoms with van der Waals surface area (Å²) in [7, 11) is -4.13. The number of halogens is 1. The van der Waals surface area contributed by atoms with E-state index < -0.39 is 28.3 Å². The van der Waals surface area contributed by atoms with Gasteiger partial charge in [-0.15, -0.1) is 0 Å². The van der Waals surface area contributed by atoms with Gasteiger partial charge in [-0.3, -0.25) is 9.10 Å². The molecular weight excluding hydrogens is 455 g/mol. The number of nitrogens with zero attached hydrogens (tertiary/aromatic N) is 1. The predicted molar refractivity (Wildman–Crippen MR) is 131 cm³/mol. The van der Waals surface area contributed by atoms with E-state index in [1.807, 2.05) is 43.3 Å². The van der Waals surface area contributed by atoms with Crippen molar-refractivity contribution in [1.29, 1.82) is 0 Å². The molecule has 0 bridgehead atoms. The lowest BCUT2D eigenvalue weighted by molar-refractivity contribution is -0.114. The molecule has 0 aliphatic carbocycles. The topological polar surface area (TPSA) is 75.7 Å². The van der Waals surface area contributed by atoms with E-state index in [1.54, 1.807) is 18.2 Å². The predicted octanol–water partition coefficient (Wildman–Crippen LogP) is 5.21. The third-order valence-electron chi connectivity index (χ3n) is 5.16. The van der Waals surface area contributed by atoms with Crippen LogP contribution in [-0.2, 0) is 14.8 Å². The normalized spacial score (nSPS) is 11.2. The summed E-state index contributed by atoms with van der Waals surface area (Å²) in [5, 5.41) is 4.72. The molecule has 0 heterocycles. The van der Waals surface area contributed by atoms with Crippen molar-refractivity contribution in [3.63, 3.8) is 0 Å². The van der Waals surface area contributed by atoms with Crippen LogP contribution in [0.25, 0.3) is 10.8 Å². The van der Waals surface area contributed by atoms with Gasteiger partial charge in [-0.25, -0.2) is 12.8 Å². The summed E-state index contributed by atoms with van der Waals surface area (Å²) >= 11 is 0. The highest BCUT2D eigenvalue weighted by molar-refractivity contribution is 7.92. The van der Waals surface area contributed by atoms with Gasteiger partial charge in [0.05, 0.1) is 17.2 Å². The molecular formula is C26H23FN2O4S. The molecule has 8 heteroatoms. The fraction of sp³-hybridized carbons (Fsp3) is 0.115. The highest BCUT2D eigenvalue weighted by Crippen LogP contribution is 2.26. The van der Waals surface area contributed by atoms with Crippen LogP contribution in [0.15, 0.2) is 95.9 Å². The minimum Gasteiger partial charge on any atom is -0.494 e. The van der Waals surface area contributed by atoms with Gasteiger partial charge < -0.3 is 10.1 Å². The van der Waals surface area contributed by atoms with Crippen LogP contribution in [0.3, 0.4) is 0 Å². The zero-order chi connectivity index (χ0) is 24.1. The minimum atomic E-state index is -4.13. The van der Waals surface area contributed by atoms with Crippen LogP contribution in [0.5, 0.6) is 5.75 Å². The van der Waals surface area contributed by atoms with Crippen molar-refractivity contribution in [2.24, 2.45) is 0 Å². The van der Waals surface area contributed by atoms with Crippen LogP contribution in [0, 0.1) is 5.82 Å². The number of fused-ring (bicyclic) bond motifs is 1. The largest absolute Gasteiger partial charge is 0.494 e. The first-order chi connectivity index (χ1) is 16.4. The smallest absolute Gasteiger partial charge is 0.264 e. The van der Waals surface area contributed by atoms with Crippen molar-refractivity contribution in [3.8, 4) is 5.75 Å². The second kappa shape index (κ2) is 9.93. The lowest BCUT2D eigenvalue weighted by Gasteiger charge is -2.24. The highest BCUT2D eigenvalue weighted by Gasteiger charge is 2.27. The van der Waals surface area contributed by atoms with Crippen LogP contribution < -0.4 is 14.4 Å². The number of carbonyl (C=O) groups is 1. The second-order valence-electron chi connectivity index (χ2n) is 7.50. The van der Waals surface area contributed by atoms with Gasteiger partial charge in [-0.1, -0.05) is 30.3 Å². The fourth-order valence-electron chi connectivity index (χ4n) is 3.52. The van der Waals surface area contributed by atoms with E-state index in [-0.39, 0.29) is 10.6 Å². The van der Waals surface area contributed by atoms with E-state index in [2.05, 4.69) is 5.32 Å². The number of ether oxygens (including phenoxy) is 1. The van der Waals surface area contributed by atoms with Crippen molar-refractivity contribution < 1.29 is 22.3 Å². The highest BCUT2D eigenvalue weighted by atomic mass is 32.2. The first-order valence-corrected chi connectivity index (χ1v) is 12.1. The lowest BCUT2D eigenvalue weighted by Crippen LogP contribution is -2.38. The van der Waals surface area contributed by atoms with Gasteiger partial charge in [0, 0.05) is 5.69 Å². The Morgan fingerprint density at radius 3 is 2.26 bits per heavy atom. The summed E-state index contributed by atoms with van der Waals surface area (Å²) in [5.41, 5.74) is 0.713. The first-order valence-electron chi connectivity index (χ1n) is 10.7. The Bertz CT molecular complexity index is 1410. The molecule has 0 unspecified atom stereocenters. The molecule has 0 fully saturated rings. The quantitative estimate of drug-likeness (QED) is 0.377. The van der Waals surface area contributed by atoms with Crippen LogP contribution in [0.1, 0.15) is 6.92 Å². The Hall–Kier alpha value is -3.91. The maximum Gasteiger partial charge on any atom is 0.264 e. The van der Waals surface area contributed by atoms with Gasteiger partial charge >= 0.3 is 0 Å². The first kappa shape index (κ1) is 23.3. The molecule has 4 aromatic rings. The molecule has 4 aromatic carbocycles. The maximum atomic E-state index is 13.5. The third-order valence-corrected chi connectivity index (χ3v) is 6.95. The molecule has 1 N–H and O–H groups in total. The van der Waals surface area contributed by atoms with Crippen LogP contribution in [-0.4, -0.2) is 27.5 Å². The Labute approximate surface area is 197 Å². The van der Waals surface area contributed by atoms with Gasteiger partial charge in [-0.2, -0.15) is 0 Å². The van der Waals surface area contributed by atoms with Crippen molar-refractivity contribution in [2.75, 3.05) is 22.8 Å². The summed E-state index contributed by atoms with van der Waals surface area (Å²) in [4.78, 5) is 12.9. The van der Waals surface area contributed by atoms with Crippen LogP contribution in [0.2, 0.25) is 0 Å². The summed E-state index contributed by atoms with van der Waals surface area (Å²) in [5.74, 6) is -0.513. The molecule has 174 valence electrons. The SMILES string of the molecule is CCOc1ccc(S(=O)(=O)N(CC(=O)Nc2ccc3ccccc3c2)c2ccc(F)cc2)cc1. The fourth-order valence-corrected chi connectivity index (χ4v) is 4.94. The molecule has 0 saturated carbocycles. The summed E-state index contributed by atoms with van der Waals surface area (Å²) < 4.78 is 46.8. The Morgan fingerprint density at radius 1 is 0.912 bits per heavy atom. The number of anilines is 2. The summed E-state index contributed by atoms with van der Waals surface area (Å²) in [6, 6.07) is 24.0. The van der Waals surface area contributed by atoms with Gasteiger partial charge in [0.15, 0.2) is 0 Å². The molecule has 0 spiro atoms. The number of hydrogen-bond donors (Lipinski definition) is 1. The van der Waals surface area contributed by atoms with Crippen molar-refractivity contribution in [1.82, 2.24) is 0 Å². The minimum absolute atomic E-state index is 0.0150. The molecule has 0 atom stereocenters. The molecule has 1 amide bonds. The molecule has 0 aliphatic heterocycles. The molecule has 0 aliphatic rings. The monoisotopic (exact) mass is 478 g/mol. The van der Waals surface area contributed by atoms with Gasteiger partial charge in [0.25, 0.3) is 10.0 Å². The Morgan fingerprint density at radius 2 is 1.59 bits per heavy atom. The van der Waals surface area contributed by atoms with E-state index in [0.717, 1.165) is 27.2 Å². The average Bonchev–Trinajstić information content (AvgIpc) is 2.84. The van der Waals surface area contributed by atoms with Crippen molar-refractivity contribution in [2.45, 2.75) is 11.8 Å². The van der Waals surface area contributed by atoms with E-state index >= 15 is 0 Å². The second-order valence-corrected chi connectivity index (χ2v) is 9.36. The maximum absolute atomic E-state index is 13.5. The van der Waals surface area contributed by atoms with Crippen molar-refractivity contribution >= 4 is 38.1 Å². The number of nitrogens with one attached hydrogen (secondary N) is 1. The van der Waals surface area contributed by atoms with E-state index in [1.165, 1.54) is 24.3 Å². The van der Waals surface area contributed by atoms with Gasteiger partial charge in [0.2, 0.25) is 5.91 Å². The average molecular weight is 479 g/mol. The summed E-state index contributed by atoms with van der Waals surface area (Å²) in [6.45, 7) is 1.78.